The molecule has 0 aromatic heterocycles. The van der Waals surface area contributed by atoms with Gasteiger partial charge in [-0.05, 0) is 153 Å². The van der Waals surface area contributed by atoms with Crippen molar-refractivity contribution >= 4 is 20.2 Å². The normalized spacial score (nSPS) is 12.7. The molecule has 6 N–H and O–H groups in total. The molecule has 0 radical (unpaired) electrons. The number of hydrogen-bond donors (Lipinski definition) is 6. The maximum Gasteiger partial charge on any atom is 1.00 e. The van der Waals surface area contributed by atoms with Gasteiger partial charge in [-0.15, -0.1) is 0 Å². The van der Waals surface area contributed by atoms with Gasteiger partial charge < -0.3 is 61.1 Å². The van der Waals surface area contributed by atoms with Crippen molar-refractivity contribution in [3.05, 3.63) is 57.6 Å². The minimum atomic E-state index is -4.79. The van der Waals surface area contributed by atoms with E-state index < -0.39 is 66.0 Å². The van der Waals surface area contributed by atoms with E-state index in [0.717, 1.165) is 0 Å². The SMILES string of the molecule is CCCCCCCCCCCCCCCC[N+](C)(CCCCCCCCCCCCCCCC)CCCCCCCCCCCCCCCC.CCCCCCCCCCCCCCCC[N+](C)(CCCCCCCCCCCCCCCC)CCCCCCCCCCCCCCCC.Cc1cc(C(C(C)(C)C(C)(C)O)S(=O)(=O)[O-])cc(CO)c1O.Cc1cc(C(C(C)(C)C(C)(C)O)S(=O)(=O)[O-])cc(CO)c1O.[Cl-].[Na+]. The summed E-state index contributed by atoms with van der Waals surface area (Å²) in [6.45, 7) is 36.4. The van der Waals surface area contributed by atoms with Crippen LogP contribution in [0.2, 0.25) is 0 Å². The average molecular weight is 2130 g/mol. The topological polar surface area (TPSA) is 236 Å². The van der Waals surface area contributed by atoms with E-state index in [2.05, 4.69) is 55.6 Å². The predicted octanol–water partition coefficient (Wildman–Crippen LogP) is 32.9. The first-order valence-corrected chi connectivity index (χ1v) is 65.6. The van der Waals surface area contributed by atoms with Gasteiger partial charge >= 0.3 is 29.6 Å². The molecule has 2 unspecified atom stereocenters. The number of benzene rings is 2. The zero-order valence-corrected chi connectivity index (χ0v) is 105. The van der Waals surface area contributed by atoms with Crippen molar-refractivity contribution in [1.29, 1.82) is 0 Å². The van der Waals surface area contributed by atoms with Crippen molar-refractivity contribution in [2.75, 3.05) is 53.4 Å². The van der Waals surface area contributed by atoms with Gasteiger partial charge in [0.25, 0.3) is 0 Å². The molecule has 0 aliphatic heterocycles. The van der Waals surface area contributed by atoms with Crippen LogP contribution in [-0.4, -0.2) is 130 Å². The summed E-state index contributed by atoms with van der Waals surface area (Å²) in [5.41, 5.74) is -4.22. The van der Waals surface area contributed by atoms with Crippen LogP contribution in [0, 0.1) is 24.7 Å². The molecule has 2 atom stereocenters. The Morgan fingerprint density at radius 3 is 0.466 bits per heavy atom. The first kappa shape index (κ1) is 151. The summed E-state index contributed by atoms with van der Waals surface area (Å²) in [4.78, 5) is 0. The van der Waals surface area contributed by atoms with Gasteiger partial charge in [-0.25, -0.2) is 16.8 Å². The van der Waals surface area contributed by atoms with E-state index in [-0.39, 0.29) is 75.7 Å². The van der Waals surface area contributed by atoms with Crippen molar-refractivity contribution in [1.82, 2.24) is 0 Å². The largest absolute Gasteiger partial charge is 1.00 e. The number of hydrogen-bond acceptors (Lipinski definition) is 12. The zero-order chi connectivity index (χ0) is 108. The van der Waals surface area contributed by atoms with Gasteiger partial charge in [0.15, 0.2) is 0 Å². The van der Waals surface area contributed by atoms with Crippen LogP contribution in [0.15, 0.2) is 24.3 Å². The molecule has 864 valence electrons. The van der Waals surface area contributed by atoms with Gasteiger partial charge in [-0.1, -0.05) is 544 Å². The number of quaternary nitrogens is 2. The number of aliphatic hydroxyl groups excluding tert-OH is 2. The Kier molecular flexibility index (Phi) is 102. The van der Waals surface area contributed by atoms with E-state index in [0.29, 0.717) is 11.1 Å². The van der Waals surface area contributed by atoms with Gasteiger partial charge in [-0.3, -0.25) is 0 Å². The Balaban J connectivity index is -0.000000977. The van der Waals surface area contributed by atoms with E-state index in [4.69, 9.17) is 0 Å². The standard InChI is InChI=1S/2C49H102N.2C15H24O6S.ClH.Na/c2*1-5-8-11-14-17-20-23-26-29-32-35-38-41-44-47-50(4,48-45-42-39-36-33-30-27-24-21-18-15-12-9-6-2)49-46-43-40-37-34-31-28-25-22-19-16-13-10-7-3;2*1-9-6-10(7-11(8-16)12(9)17)13(22(19,20)21)14(2,3)15(4,5)18;;/h2*5-49H2,1-4H3;2*6-7,13,16-18H,8H2,1-5H3,(H,19,20,21);1H;/q2*+1;;;;+1/p-3. The Morgan fingerprint density at radius 1 is 0.247 bits per heavy atom. The van der Waals surface area contributed by atoms with Gasteiger partial charge in [0.1, 0.15) is 31.7 Å². The second-order valence-electron chi connectivity index (χ2n) is 48.5. The molecule has 146 heavy (non-hydrogen) atoms. The number of unbranched alkanes of at least 4 members (excludes halogenated alkanes) is 78. The van der Waals surface area contributed by atoms with Crippen LogP contribution in [0.3, 0.4) is 0 Å². The maximum atomic E-state index is 11.8. The molecule has 2 aromatic carbocycles. The second-order valence-corrected chi connectivity index (χ2v) is 51.4. The Morgan fingerprint density at radius 2 is 0.363 bits per heavy atom. The molecule has 0 amide bonds. The summed E-state index contributed by atoms with van der Waals surface area (Å²) < 4.78 is 73.7. The van der Waals surface area contributed by atoms with Gasteiger partial charge in [0, 0.05) is 22.0 Å². The van der Waals surface area contributed by atoms with Crippen molar-refractivity contribution < 1.29 is 108 Å². The van der Waals surface area contributed by atoms with Crippen LogP contribution in [-0.2, 0) is 33.5 Å². The molecular formula is C128H250ClN2NaO12S2. The fraction of sp³-hybridized carbons (Fsp3) is 0.906. The molecule has 0 heterocycles. The van der Waals surface area contributed by atoms with Crippen LogP contribution in [0.1, 0.15) is 680 Å². The van der Waals surface area contributed by atoms with Gasteiger partial charge in [-0.2, -0.15) is 0 Å². The van der Waals surface area contributed by atoms with E-state index in [1.165, 1.54) is 667 Å². The Labute approximate surface area is 938 Å². The molecule has 0 bridgehead atoms. The number of aromatic hydroxyl groups is 2. The molecule has 18 heteroatoms. The molecule has 0 spiro atoms. The predicted molar refractivity (Wildman–Crippen MR) is 626 cm³/mol. The Bertz CT molecular complexity index is 3020. The van der Waals surface area contributed by atoms with Crippen LogP contribution < -0.4 is 42.0 Å². The number of phenols is 2. The number of nitrogens with zero attached hydrogens (tertiary/aromatic N) is 2. The molecule has 2 aromatic rings. The quantitative estimate of drug-likeness (QED) is 0.0157. The van der Waals surface area contributed by atoms with Crippen molar-refractivity contribution in [3.8, 4) is 11.5 Å². The second kappa shape index (κ2) is 98.3. The smallest absolute Gasteiger partial charge is 1.00 e. The maximum absolute atomic E-state index is 11.8. The summed E-state index contributed by atoms with van der Waals surface area (Å²) in [6, 6.07) is 5.36. The third-order valence-electron chi connectivity index (χ3n) is 33.1. The summed E-state index contributed by atoms with van der Waals surface area (Å²) in [7, 11) is -4.31. The van der Waals surface area contributed by atoms with E-state index in [9.17, 15) is 56.6 Å². The summed E-state index contributed by atoms with van der Waals surface area (Å²) in [5.74, 6) is -0.288. The molecule has 14 nitrogen and oxygen atoms in total. The molecule has 0 fully saturated rings. The van der Waals surface area contributed by atoms with Crippen LogP contribution in [0.4, 0.5) is 0 Å². The van der Waals surface area contributed by atoms with Crippen molar-refractivity contribution in [2.45, 2.75) is 685 Å². The minimum absolute atomic E-state index is 0. The van der Waals surface area contributed by atoms with E-state index >= 15 is 0 Å². The number of halogens is 1. The number of aliphatic hydroxyl groups is 4. The summed E-state index contributed by atoms with van der Waals surface area (Å²) in [6.07, 6.45) is 123. The number of aryl methyl sites for hydroxylation is 2. The van der Waals surface area contributed by atoms with Crippen LogP contribution >= 0.6 is 0 Å². The third-order valence-corrected chi connectivity index (χ3v) is 36.0. The van der Waals surface area contributed by atoms with Crippen LogP contribution in [0.25, 0.3) is 0 Å². The van der Waals surface area contributed by atoms with Gasteiger partial charge in [0.05, 0.1) is 88.3 Å². The summed E-state index contributed by atoms with van der Waals surface area (Å²) >= 11 is 0. The monoisotopic (exact) mass is 2130 g/mol. The fourth-order valence-electron chi connectivity index (χ4n) is 21.6. The third kappa shape index (κ3) is 82.4. The minimum Gasteiger partial charge on any atom is -1.00 e. The molecule has 0 saturated carbocycles. The van der Waals surface area contributed by atoms with E-state index in [1.54, 1.807) is 13.8 Å². The summed E-state index contributed by atoms with van der Waals surface area (Å²) in [5, 5.41) is 55.8. The molecule has 0 saturated heterocycles. The zero-order valence-electron chi connectivity index (χ0n) is 101. The van der Waals surface area contributed by atoms with Crippen molar-refractivity contribution in [3.63, 3.8) is 0 Å². The van der Waals surface area contributed by atoms with Crippen LogP contribution in [0.5, 0.6) is 11.5 Å². The molecule has 0 aliphatic rings. The van der Waals surface area contributed by atoms with Crippen molar-refractivity contribution in [2.24, 2.45) is 10.8 Å². The first-order chi connectivity index (χ1) is 68.8. The molecule has 2 rings (SSSR count). The first-order valence-electron chi connectivity index (χ1n) is 62.7. The average Bonchev–Trinajstić information content (AvgIpc) is 0.758. The Hall–Kier alpha value is -1.09. The van der Waals surface area contributed by atoms with Gasteiger partial charge in [0.2, 0.25) is 0 Å². The fourth-order valence-corrected chi connectivity index (χ4v) is 24.6. The number of rotatable bonds is 100. The molecular weight excluding hydrogens is 1880 g/mol. The van der Waals surface area contributed by atoms with E-state index in [1.807, 2.05) is 0 Å². The molecule has 0 aliphatic carbocycles.